The molecule has 2 heterocycles. The summed E-state index contributed by atoms with van der Waals surface area (Å²) in [6.07, 6.45) is 4.37. The molecule has 21 heavy (non-hydrogen) atoms. The van der Waals surface area contributed by atoms with Crippen LogP contribution in [-0.2, 0) is 9.53 Å². The Labute approximate surface area is 126 Å². The standard InChI is InChI=1S/C15H27N3O3/c1-3-6-15(7-4-8-16-11-15)13(19)18-9-5-12(10-18)17-14(20)21-2/h12,16H,3-11H2,1-2H3,(H,17,20). The fourth-order valence-corrected chi connectivity index (χ4v) is 3.57. The Morgan fingerprint density at radius 1 is 1.48 bits per heavy atom. The molecule has 0 aromatic heterocycles. The number of carbonyl (C=O) groups excluding carboxylic acids is 2. The van der Waals surface area contributed by atoms with Crippen LogP contribution in [0.25, 0.3) is 0 Å². The quantitative estimate of drug-likeness (QED) is 0.815. The van der Waals surface area contributed by atoms with Gasteiger partial charge in [-0.25, -0.2) is 4.79 Å². The predicted octanol–water partition coefficient (Wildman–Crippen LogP) is 1.11. The van der Waals surface area contributed by atoms with E-state index in [0.717, 1.165) is 51.7 Å². The van der Waals surface area contributed by atoms with Crippen molar-refractivity contribution < 1.29 is 14.3 Å². The summed E-state index contributed by atoms with van der Waals surface area (Å²) in [6.45, 7) is 5.24. The second-order valence-electron chi connectivity index (χ2n) is 6.18. The van der Waals surface area contributed by atoms with Crippen molar-refractivity contribution in [2.75, 3.05) is 33.3 Å². The first-order valence-electron chi connectivity index (χ1n) is 7.96. The van der Waals surface area contributed by atoms with E-state index >= 15 is 0 Å². The lowest BCUT2D eigenvalue weighted by molar-refractivity contribution is -0.142. The van der Waals surface area contributed by atoms with Gasteiger partial charge in [0.15, 0.2) is 0 Å². The van der Waals surface area contributed by atoms with Crippen LogP contribution >= 0.6 is 0 Å². The fraction of sp³-hybridized carbons (Fsp3) is 0.867. The van der Waals surface area contributed by atoms with Gasteiger partial charge in [-0.1, -0.05) is 13.3 Å². The normalized spacial score (nSPS) is 29.2. The smallest absolute Gasteiger partial charge is 0.407 e. The summed E-state index contributed by atoms with van der Waals surface area (Å²) >= 11 is 0. The molecule has 2 amide bonds. The van der Waals surface area contributed by atoms with Gasteiger partial charge < -0.3 is 20.3 Å². The Balaban J connectivity index is 1.97. The van der Waals surface area contributed by atoms with Gasteiger partial charge in [-0.2, -0.15) is 0 Å². The highest BCUT2D eigenvalue weighted by molar-refractivity contribution is 5.83. The molecule has 0 aromatic rings. The minimum Gasteiger partial charge on any atom is -0.453 e. The highest BCUT2D eigenvalue weighted by Crippen LogP contribution is 2.34. The number of hydrogen-bond donors (Lipinski definition) is 2. The summed E-state index contributed by atoms with van der Waals surface area (Å²) in [5.74, 6) is 0.255. The molecule has 2 fully saturated rings. The van der Waals surface area contributed by atoms with Crippen LogP contribution in [0.15, 0.2) is 0 Å². The first kappa shape index (κ1) is 16.1. The zero-order valence-electron chi connectivity index (χ0n) is 13.1. The van der Waals surface area contributed by atoms with E-state index in [4.69, 9.17) is 0 Å². The zero-order valence-corrected chi connectivity index (χ0v) is 13.1. The van der Waals surface area contributed by atoms with Crippen LogP contribution in [0.2, 0.25) is 0 Å². The molecule has 2 unspecified atom stereocenters. The molecule has 0 aliphatic carbocycles. The zero-order chi connectivity index (χ0) is 15.3. The van der Waals surface area contributed by atoms with E-state index in [-0.39, 0.29) is 17.4 Å². The van der Waals surface area contributed by atoms with Crippen LogP contribution in [0, 0.1) is 5.41 Å². The third kappa shape index (κ3) is 3.67. The summed E-state index contributed by atoms with van der Waals surface area (Å²) in [6, 6.07) is 0.0108. The Morgan fingerprint density at radius 3 is 2.90 bits per heavy atom. The van der Waals surface area contributed by atoms with Gasteiger partial charge in [-0.15, -0.1) is 0 Å². The minimum absolute atomic E-state index is 0.0108. The SMILES string of the molecule is CCCC1(C(=O)N2CCC(NC(=O)OC)C2)CCCNC1. The molecule has 6 nitrogen and oxygen atoms in total. The molecule has 120 valence electrons. The van der Waals surface area contributed by atoms with Crippen LogP contribution in [0.3, 0.4) is 0 Å². The van der Waals surface area contributed by atoms with E-state index in [1.807, 2.05) is 4.90 Å². The van der Waals surface area contributed by atoms with Gasteiger partial charge >= 0.3 is 6.09 Å². The number of alkyl carbamates (subject to hydrolysis) is 1. The Hall–Kier alpha value is -1.30. The van der Waals surface area contributed by atoms with Crippen LogP contribution < -0.4 is 10.6 Å². The summed E-state index contributed by atoms with van der Waals surface area (Å²) in [5, 5.41) is 6.17. The van der Waals surface area contributed by atoms with Gasteiger partial charge in [0.2, 0.25) is 5.91 Å². The number of nitrogens with zero attached hydrogens (tertiary/aromatic N) is 1. The predicted molar refractivity (Wildman–Crippen MR) is 80.0 cm³/mol. The van der Waals surface area contributed by atoms with Crippen molar-refractivity contribution in [2.24, 2.45) is 5.41 Å². The highest BCUT2D eigenvalue weighted by Gasteiger charge is 2.43. The lowest BCUT2D eigenvalue weighted by atomic mass is 9.76. The van der Waals surface area contributed by atoms with E-state index in [0.29, 0.717) is 6.54 Å². The second-order valence-corrected chi connectivity index (χ2v) is 6.18. The van der Waals surface area contributed by atoms with Gasteiger partial charge in [0, 0.05) is 19.6 Å². The summed E-state index contributed by atoms with van der Waals surface area (Å²) in [4.78, 5) is 26.1. The minimum atomic E-state index is -0.420. The number of amides is 2. The van der Waals surface area contributed by atoms with Crippen molar-refractivity contribution in [3.63, 3.8) is 0 Å². The molecule has 6 heteroatoms. The second kappa shape index (κ2) is 7.11. The number of methoxy groups -OCH3 is 1. The fourth-order valence-electron chi connectivity index (χ4n) is 3.57. The van der Waals surface area contributed by atoms with Crippen molar-refractivity contribution in [1.82, 2.24) is 15.5 Å². The van der Waals surface area contributed by atoms with Gasteiger partial charge in [-0.3, -0.25) is 4.79 Å². The summed E-state index contributed by atoms with van der Waals surface area (Å²) in [5.41, 5.74) is -0.243. The van der Waals surface area contributed by atoms with Gasteiger partial charge in [0.05, 0.1) is 18.6 Å². The van der Waals surface area contributed by atoms with Crippen LogP contribution in [0.5, 0.6) is 0 Å². The molecule has 2 aliphatic heterocycles. The monoisotopic (exact) mass is 297 g/mol. The maximum absolute atomic E-state index is 13.0. The number of ether oxygens (including phenoxy) is 1. The Bertz CT molecular complexity index is 375. The van der Waals surface area contributed by atoms with Crippen molar-refractivity contribution in [1.29, 1.82) is 0 Å². The largest absolute Gasteiger partial charge is 0.453 e. The number of rotatable bonds is 4. The molecular weight excluding hydrogens is 270 g/mol. The number of hydrogen-bond acceptors (Lipinski definition) is 4. The molecule has 2 atom stereocenters. The Kier molecular flexibility index (Phi) is 5.45. The van der Waals surface area contributed by atoms with Crippen molar-refractivity contribution >= 4 is 12.0 Å². The third-order valence-electron chi connectivity index (χ3n) is 4.64. The number of likely N-dealkylation sites (tertiary alicyclic amines) is 1. The maximum atomic E-state index is 13.0. The lowest BCUT2D eigenvalue weighted by Gasteiger charge is -2.39. The Morgan fingerprint density at radius 2 is 2.29 bits per heavy atom. The highest BCUT2D eigenvalue weighted by atomic mass is 16.5. The molecule has 0 spiro atoms. The van der Waals surface area contributed by atoms with Crippen molar-refractivity contribution in [3.05, 3.63) is 0 Å². The summed E-state index contributed by atoms with van der Waals surface area (Å²) < 4.78 is 4.62. The van der Waals surface area contributed by atoms with E-state index in [9.17, 15) is 9.59 Å². The third-order valence-corrected chi connectivity index (χ3v) is 4.64. The molecule has 0 aromatic carbocycles. The van der Waals surface area contributed by atoms with Gasteiger partial charge in [0.1, 0.15) is 0 Å². The average molecular weight is 297 g/mol. The molecule has 2 saturated heterocycles. The molecule has 2 N–H and O–H groups in total. The topological polar surface area (TPSA) is 70.7 Å². The van der Waals surface area contributed by atoms with Gasteiger partial charge in [-0.05, 0) is 32.2 Å². The first-order chi connectivity index (χ1) is 10.1. The number of nitrogens with one attached hydrogen (secondary N) is 2. The van der Waals surface area contributed by atoms with Crippen LogP contribution in [0.1, 0.15) is 39.0 Å². The van der Waals surface area contributed by atoms with Gasteiger partial charge in [0.25, 0.3) is 0 Å². The number of piperidine rings is 1. The van der Waals surface area contributed by atoms with Crippen LogP contribution in [-0.4, -0.2) is 56.2 Å². The molecule has 0 bridgehead atoms. The molecular formula is C15H27N3O3. The average Bonchev–Trinajstić information content (AvgIpc) is 2.96. The van der Waals surface area contributed by atoms with Crippen LogP contribution in [0.4, 0.5) is 4.79 Å². The molecule has 2 aliphatic rings. The maximum Gasteiger partial charge on any atom is 0.407 e. The van der Waals surface area contributed by atoms with E-state index in [1.54, 1.807) is 0 Å². The molecule has 0 saturated carbocycles. The molecule has 2 rings (SSSR count). The molecule has 0 radical (unpaired) electrons. The van der Waals surface area contributed by atoms with E-state index < -0.39 is 6.09 Å². The lowest BCUT2D eigenvalue weighted by Crippen LogP contribution is -2.52. The summed E-state index contributed by atoms with van der Waals surface area (Å²) in [7, 11) is 1.36. The van der Waals surface area contributed by atoms with E-state index in [1.165, 1.54) is 7.11 Å². The first-order valence-corrected chi connectivity index (χ1v) is 7.96. The van der Waals surface area contributed by atoms with E-state index in [2.05, 4.69) is 22.3 Å². The van der Waals surface area contributed by atoms with Crippen molar-refractivity contribution in [2.45, 2.75) is 45.1 Å². The van der Waals surface area contributed by atoms with Crippen molar-refractivity contribution in [3.8, 4) is 0 Å². The number of carbonyl (C=O) groups is 2.